The molecule has 0 saturated carbocycles. The van der Waals surface area contributed by atoms with Gasteiger partial charge in [0.25, 0.3) is 0 Å². The summed E-state index contributed by atoms with van der Waals surface area (Å²) in [6, 6.07) is 0.745. The van der Waals surface area contributed by atoms with E-state index < -0.39 is 0 Å². The van der Waals surface area contributed by atoms with Crippen molar-refractivity contribution in [2.75, 3.05) is 0 Å². The van der Waals surface area contributed by atoms with Gasteiger partial charge in [-0.1, -0.05) is 20.8 Å². The van der Waals surface area contributed by atoms with Crippen LogP contribution >= 0.6 is 0 Å². The first kappa shape index (κ1) is 11.4. The number of hydrogen-bond acceptors (Lipinski definition) is 2. The fraction of sp³-hybridized carbons (Fsp3) is 0.833. The normalized spacial score (nSPS) is 20.8. The zero-order valence-electron chi connectivity index (χ0n) is 11.1. The number of rotatable bonds is 0. The summed E-state index contributed by atoms with van der Waals surface area (Å²) in [4.78, 5) is 0. The molecule has 4 nitrogen and oxygen atoms in total. The Kier molecular flexibility index (Phi) is 2.30. The van der Waals surface area contributed by atoms with Gasteiger partial charge in [0.2, 0.25) is 6.33 Å². The maximum Gasteiger partial charge on any atom is 0.468 e. The molecule has 1 aliphatic heterocycles. The highest BCUT2D eigenvalue weighted by molar-refractivity contribution is 4.89. The van der Waals surface area contributed by atoms with Gasteiger partial charge in [0.15, 0.2) is 0 Å². The number of hydrogen-bond donors (Lipinski definition) is 0. The van der Waals surface area contributed by atoms with E-state index in [1.54, 1.807) is 0 Å². The van der Waals surface area contributed by atoms with E-state index in [0.717, 1.165) is 12.6 Å². The maximum atomic E-state index is 5.88. The van der Waals surface area contributed by atoms with Gasteiger partial charge in [-0.15, -0.1) is 4.68 Å². The summed E-state index contributed by atoms with van der Waals surface area (Å²) < 4.78 is 9.94. The molecule has 2 heterocycles. The average molecular weight is 224 g/mol. The fourth-order valence-electron chi connectivity index (χ4n) is 1.69. The highest BCUT2D eigenvalue weighted by Gasteiger charge is 2.40. The van der Waals surface area contributed by atoms with Crippen LogP contribution in [0.4, 0.5) is 0 Å². The molecule has 0 bridgehead atoms. The molecule has 1 atom stereocenters. The van der Waals surface area contributed by atoms with E-state index in [4.69, 9.17) is 4.74 Å². The minimum atomic E-state index is 0.0118. The summed E-state index contributed by atoms with van der Waals surface area (Å²) in [6.45, 7) is 13.9. The lowest BCUT2D eigenvalue weighted by Crippen LogP contribution is -2.39. The Morgan fingerprint density at radius 1 is 1.31 bits per heavy atom. The molecular formula is C12H22N3O+. The van der Waals surface area contributed by atoms with Gasteiger partial charge in [0.05, 0.1) is 5.10 Å². The predicted molar refractivity (Wildman–Crippen MR) is 61.3 cm³/mol. The largest absolute Gasteiger partial charge is 0.468 e. The van der Waals surface area contributed by atoms with Gasteiger partial charge >= 0.3 is 6.01 Å². The molecular weight excluding hydrogens is 202 g/mol. The second-order valence-electron chi connectivity index (χ2n) is 6.64. The van der Waals surface area contributed by atoms with Crippen molar-refractivity contribution >= 4 is 0 Å². The van der Waals surface area contributed by atoms with Crippen LogP contribution < -0.4 is 9.30 Å². The van der Waals surface area contributed by atoms with Crippen molar-refractivity contribution in [1.82, 2.24) is 9.78 Å². The highest BCUT2D eigenvalue weighted by atomic mass is 16.5. The summed E-state index contributed by atoms with van der Waals surface area (Å²) in [5, 5.41) is 4.48. The lowest BCUT2D eigenvalue weighted by Gasteiger charge is -2.23. The summed E-state index contributed by atoms with van der Waals surface area (Å²) in [7, 11) is 0. The zero-order chi connectivity index (χ0) is 12.1. The quantitative estimate of drug-likeness (QED) is 0.628. The lowest BCUT2D eigenvalue weighted by molar-refractivity contribution is -0.683. The molecule has 0 aromatic carbocycles. The van der Waals surface area contributed by atoms with Gasteiger partial charge in [0, 0.05) is 5.41 Å². The average Bonchev–Trinajstić information content (AvgIpc) is 2.53. The van der Waals surface area contributed by atoms with E-state index in [1.165, 1.54) is 0 Å². The van der Waals surface area contributed by atoms with Gasteiger partial charge in [-0.3, -0.25) is 0 Å². The van der Waals surface area contributed by atoms with Gasteiger partial charge < -0.3 is 4.74 Å². The summed E-state index contributed by atoms with van der Waals surface area (Å²) in [6.07, 6.45) is 2.27. The molecule has 0 aliphatic carbocycles. The molecule has 0 fully saturated rings. The summed E-state index contributed by atoms with van der Waals surface area (Å²) >= 11 is 0. The molecule has 0 N–H and O–H groups in total. The molecule has 2 rings (SSSR count). The third kappa shape index (κ3) is 1.93. The predicted octanol–water partition coefficient (Wildman–Crippen LogP) is 1.73. The van der Waals surface area contributed by atoms with E-state index >= 15 is 0 Å². The van der Waals surface area contributed by atoms with Crippen molar-refractivity contribution in [2.45, 2.75) is 59.7 Å². The Labute approximate surface area is 97.2 Å². The van der Waals surface area contributed by atoms with Crippen molar-refractivity contribution in [3.63, 3.8) is 0 Å². The molecule has 0 spiro atoms. The topological polar surface area (TPSA) is 30.9 Å². The van der Waals surface area contributed by atoms with Crippen LogP contribution in [0.2, 0.25) is 0 Å². The smallest absolute Gasteiger partial charge is 0.431 e. The summed E-state index contributed by atoms with van der Waals surface area (Å²) in [5.41, 5.74) is 0.172. The Morgan fingerprint density at radius 2 is 1.94 bits per heavy atom. The monoisotopic (exact) mass is 224 g/mol. The Morgan fingerprint density at radius 3 is 2.38 bits per heavy atom. The van der Waals surface area contributed by atoms with Crippen LogP contribution in [-0.4, -0.2) is 15.9 Å². The van der Waals surface area contributed by atoms with Crippen molar-refractivity contribution in [3.8, 4) is 6.01 Å². The Balaban J connectivity index is 2.21. The lowest BCUT2D eigenvalue weighted by atomic mass is 9.89. The first-order valence-corrected chi connectivity index (χ1v) is 5.84. The van der Waals surface area contributed by atoms with Crippen molar-refractivity contribution in [1.29, 1.82) is 0 Å². The molecule has 4 heteroatoms. The van der Waals surface area contributed by atoms with E-state index in [-0.39, 0.29) is 17.1 Å². The third-order valence-corrected chi connectivity index (χ3v) is 2.95. The van der Waals surface area contributed by atoms with E-state index in [1.807, 2.05) is 11.0 Å². The van der Waals surface area contributed by atoms with Crippen molar-refractivity contribution in [2.24, 2.45) is 5.41 Å². The van der Waals surface area contributed by atoms with Crippen LogP contribution in [0.25, 0.3) is 0 Å². The van der Waals surface area contributed by atoms with Crippen LogP contribution in [0.15, 0.2) is 6.33 Å². The van der Waals surface area contributed by atoms with E-state index in [2.05, 4.69) is 51.2 Å². The number of fused-ring (bicyclic) bond motifs is 1. The molecule has 1 aromatic rings. The van der Waals surface area contributed by atoms with Gasteiger partial charge in [-0.05, 0) is 20.8 Å². The highest BCUT2D eigenvalue weighted by Crippen LogP contribution is 2.27. The fourth-order valence-corrected chi connectivity index (χ4v) is 1.69. The standard InChI is InChI=1S/C12H22N3O/c1-11(2,3)9-7-14-8-15(12(4,5)6)13-10(14)16-9/h8-9H,7H2,1-6H3/q+1. The SMILES string of the molecule is CC(C)(C)C1C[n+]2cn(C(C)(C)C)nc2O1. The number of nitrogens with zero attached hydrogens (tertiary/aromatic N) is 3. The molecule has 0 saturated heterocycles. The van der Waals surface area contributed by atoms with E-state index in [0.29, 0.717) is 0 Å². The van der Waals surface area contributed by atoms with Crippen LogP contribution in [0, 0.1) is 5.41 Å². The molecule has 1 unspecified atom stereocenters. The third-order valence-electron chi connectivity index (χ3n) is 2.95. The second kappa shape index (κ2) is 3.22. The Hall–Kier alpha value is -1.06. The molecule has 16 heavy (non-hydrogen) atoms. The van der Waals surface area contributed by atoms with Crippen LogP contribution in [0.5, 0.6) is 6.01 Å². The molecule has 0 amide bonds. The molecule has 1 aromatic heterocycles. The number of ether oxygens (including phenoxy) is 1. The first-order valence-electron chi connectivity index (χ1n) is 5.84. The van der Waals surface area contributed by atoms with Crippen LogP contribution in [0.3, 0.4) is 0 Å². The van der Waals surface area contributed by atoms with Gasteiger partial charge in [-0.25, -0.2) is 0 Å². The zero-order valence-corrected chi connectivity index (χ0v) is 11.1. The molecule has 0 radical (unpaired) electrons. The first-order chi connectivity index (χ1) is 7.18. The van der Waals surface area contributed by atoms with Crippen LogP contribution in [-0.2, 0) is 12.1 Å². The second-order valence-corrected chi connectivity index (χ2v) is 6.64. The Bertz CT molecular complexity index is 372. The summed E-state index contributed by atoms with van der Waals surface area (Å²) in [5.74, 6) is 0. The van der Waals surface area contributed by atoms with Crippen LogP contribution in [0.1, 0.15) is 41.5 Å². The van der Waals surface area contributed by atoms with Crippen molar-refractivity contribution in [3.05, 3.63) is 6.33 Å². The van der Waals surface area contributed by atoms with Gasteiger partial charge in [0.1, 0.15) is 18.2 Å². The minimum absolute atomic E-state index is 0.0118. The molecule has 1 aliphatic rings. The van der Waals surface area contributed by atoms with E-state index in [9.17, 15) is 0 Å². The maximum absolute atomic E-state index is 5.88. The van der Waals surface area contributed by atoms with Gasteiger partial charge in [-0.2, -0.15) is 4.57 Å². The minimum Gasteiger partial charge on any atom is -0.431 e. The van der Waals surface area contributed by atoms with Crippen molar-refractivity contribution < 1.29 is 9.30 Å². The molecule has 90 valence electrons. The number of aromatic nitrogens is 3.